The van der Waals surface area contributed by atoms with Crippen LogP contribution in [-0.4, -0.2) is 42.3 Å². The third-order valence-electron chi connectivity index (χ3n) is 8.38. The summed E-state index contributed by atoms with van der Waals surface area (Å²) in [6, 6.07) is 8.86. The Hall–Kier alpha value is -3.91. The summed E-state index contributed by atoms with van der Waals surface area (Å²) in [5.74, 6) is -0.652. The van der Waals surface area contributed by atoms with E-state index in [1.807, 2.05) is 52.8 Å². The van der Waals surface area contributed by atoms with Gasteiger partial charge in [0.2, 0.25) is 0 Å². The molecule has 1 N–H and O–H groups in total. The lowest BCUT2D eigenvalue weighted by atomic mass is 9.83. The molecule has 3 heterocycles. The van der Waals surface area contributed by atoms with Gasteiger partial charge >= 0.3 is 5.97 Å². The van der Waals surface area contributed by atoms with Crippen LogP contribution in [0.2, 0.25) is 0 Å². The number of hydrogen-bond acceptors (Lipinski definition) is 5. The largest absolute Gasteiger partial charge is 0.493 e. The van der Waals surface area contributed by atoms with E-state index in [4.69, 9.17) is 14.2 Å². The Kier molecular flexibility index (Phi) is 7.00. The molecule has 42 heavy (non-hydrogen) atoms. The summed E-state index contributed by atoms with van der Waals surface area (Å²) in [5, 5.41) is 10.4. The molecule has 0 radical (unpaired) electrons. The summed E-state index contributed by atoms with van der Waals surface area (Å²) in [6.07, 6.45) is 1.41. The molecule has 1 amide bonds. The number of benzene rings is 3. The van der Waals surface area contributed by atoms with E-state index < -0.39 is 23.5 Å². The van der Waals surface area contributed by atoms with E-state index in [1.165, 1.54) is 6.07 Å². The highest BCUT2D eigenvalue weighted by Crippen LogP contribution is 2.48. The summed E-state index contributed by atoms with van der Waals surface area (Å²) >= 11 is 0. The number of aliphatic carboxylic acids is 1. The molecular formula is C34H36FNO6. The molecule has 1 atom stereocenters. The molecule has 0 saturated carbocycles. The minimum atomic E-state index is -1.29. The molecule has 0 fully saturated rings. The molecule has 7 nitrogen and oxygen atoms in total. The fraction of sp³-hybridized carbons (Fsp3) is 0.412. The van der Waals surface area contributed by atoms with Crippen molar-refractivity contribution in [3.05, 3.63) is 75.1 Å². The number of carboxylic acids is 1. The number of anilines is 1. The minimum absolute atomic E-state index is 0.135. The Morgan fingerprint density at radius 3 is 2.55 bits per heavy atom. The highest BCUT2D eigenvalue weighted by Gasteiger charge is 2.37. The van der Waals surface area contributed by atoms with Crippen molar-refractivity contribution >= 4 is 17.6 Å². The van der Waals surface area contributed by atoms with E-state index in [2.05, 4.69) is 0 Å². The number of carboxylic acid groups (broad SMARTS) is 1. The van der Waals surface area contributed by atoms with Crippen LogP contribution in [0.3, 0.4) is 0 Å². The molecule has 3 aliphatic heterocycles. The van der Waals surface area contributed by atoms with Crippen LogP contribution in [-0.2, 0) is 28.8 Å². The molecule has 0 spiro atoms. The van der Waals surface area contributed by atoms with Crippen molar-refractivity contribution in [1.29, 1.82) is 0 Å². The van der Waals surface area contributed by atoms with Crippen molar-refractivity contribution < 1.29 is 33.3 Å². The molecule has 0 saturated heterocycles. The SMILES string of the molecule is Cc1cc2c(c(-c3cc(F)c4c(c3C)CCCO4)c1[C@H](OC(C)(C)C)C(=O)O)CCN2C(=O)c1ccc2c(c1)CCO2. The van der Waals surface area contributed by atoms with E-state index in [-0.39, 0.29) is 11.7 Å². The molecule has 3 aromatic rings. The highest BCUT2D eigenvalue weighted by molar-refractivity contribution is 6.08. The summed E-state index contributed by atoms with van der Waals surface area (Å²) in [5.41, 5.74) is 6.39. The summed E-state index contributed by atoms with van der Waals surface area (Å²) in [6.45, 7) is 10.7. The maximum Gasteiger partial charge on any atom is 0.337 e. The molecular weight excluding hydrogens is 537 g/mol. The molecule has 0 unspecified atom stereocenters. The number of amides is 1. The van der Waals surface area contributed by atoms with Gasteiger partial charge in [0.1, 0.15) is 5.75 Å². The molecule has 6 rings (SSSR count). The third kappa shape index (κ3) is 4.81. The summed E-state index contributed by atoms with van der Waals surface area (Å²) in [7, 11) is 0. The average molecular weight is 574 g/mol. The monoisotopic (exact) mass is 573 g/mol. The lowest BCUT2D eigenvalue weighted by molar-refractivity contribution is -0.160. The van der Waals surface area contributed by atoms with Crippen LogP contribution < -0.4 is 14.4 Å². The smallest absolute Gasteiger partial charge is 0.337 e. The Labute approximate surface area is 245 Å². The van der Waals surface area contributed by atoms with Crippen molar-refractivity contribution in [3.63, 3.8) is 0 Å². The molecule has 3 aromatic carbocycles. The number of aryl methyl sites for hydroxylation is 1. The van der Waals surface area contributed by atoms with Gasteiger partial charge < -0.3 is 24.2 Å². The number of halogens is 1. The van der Waals surface area contributed by atoms with Crippen LogP contribution in [0.1, 0.15) is 77.0 Å². The molecule has 0 aromatic heterocycles. The maximum atomic E-state index is 15.6. The zero-order valence-corrected chi connectivity index (χ0v) is 24.7. The van der Waals surface area contributed by atoms with Crippen LogP contribution in [0.4, 0.5) is 10.1 Å². The number of hydrogen-bond donors (Lipinski definition) is 1. The molecule has 0 bridgehead atoms. The van der Waals surface area contributed by atoms with Crippen molar-refractivity contribution in [3.8, 4) is 22.6 Å². The van der Waals surface area contributed by atoms with Crippen LogP contribution >= 0.6 is 0 Å². The van der Waals surface area contributed by atoms with Crippen molar-refractivity contribution in [1.82, 2.24) is 0 Å². The number of rotatable bonds is 5. The molecule has 0 aliphatic carbocycles. The first-order chi connectivity index (χ1) is 19.9. The van der Waals surface area contributed by atoms with Crippen molar-refractivity contribution in [2.24, 2.45) is 0 Å². The number of carbonyl (C=O) groups is 2. The fourth-order valence-corrected chi connectivity index (χ4v) is 6.53. The van der Waals surface area contributed by atoms with Gasteiger partial charge in [0.05, 0.1) is 18.8 Å². The van der Waals surface area contributed by atoms with Gasteiger partial charge in [0.25, 0.3) is 5.91 Å². The van der Waals surface area contributed by atoms with Gasteiger partial charge in [-0.2, -0.15) is 0 Å². The Morgan fingerprint density at radius 2 is 1.81 bits per heavy atom. The standard InChI is InChI=1S/C34H36FNO6/c1-18-15-26-23(10-12-36(26)32(37)21-8-9-27-20(16-21)11-14-40-27)29(28(18)31(33(38)39)42-34(3,4)5)24-17-25(35)30-22(19(24)2)7-6-13-41-30/h8-9,15-17,31H,6-7,10-14H2,1-5H3,(H,38,39)/t31-/m0/s1. The number of fused-ring (bicyclic) bond motifs is 3. The second-order valence-electron chi connectivity index (χ2n) is 12.3. The first-order valence-electron chi connectivity index (χ1n) is 14.5. The number of nitrogens with zero attached hydrogens (tertiary/aromatic N) is 1. The highest BCUT2D eigenvalue weighted by atomic mass is 19.1. The fourth-order valence-electron chi connectivity index (χ4n) is 6.53. The van der Waals surface area contributed by atoms with E-state index in [1.54, 1.807) is 11.0 Å². The van der Waals surface area contributed by atoms with Crippen LogP contribution in [0.25, 0.3) is 11.1 Å². The Morgan fingerprint density at radius 1 is 1.02 bits per heavy atom. The topological polar surface area (TPSA) is 85.3 Å². The predicted octanol–water partition coefficient (Wildman–Crippen LogP) is 6.51. The molecule has 3 aliphatic rings. The van der Waals surface area contributed by atoms with E-state index in [0.29, 0.717) is 66.1 Å². The average Bonchev–Trinajstić information content (AvgIpc) is 3.59. The quantitative estimate of drug-likeness (QED) is 0.375. The number of carbonyl (C=O) groups excluding carboxylic acids is 1. The van der Waals surface area contributed by atoms with Gasteiger partial charge in [0.15, 0.2) is 17.7 Å². The van der Waals surface area contributed by atoms with Crippen molar-refractivity contribution in [2.45, 2.75) is 72.0 Å². The number of ether oxygens (including phenoxy) is 3. The zero-order chi connectivity index (χ0) is 29.9. The van der Waals surface area contributed by atoms with Crippen LogP contribution in [0.15, 0.2) is 30.3 Å². The second kappa shape index (κ2) is 10.4. The van der Waals surface area contributed by atoms with Crippen LogP contribution in [0, 0.1) is 19.7 Å². The first-order valence-corrected chi connectivity index (χ1v) is 14.5. The van der Waals surface area contributed by atoms with Gasteiger partial charge in [-0.1, -0.05) is 0 Å². The Bertz CT molecular complexity index is 1620. The predicted molar refractivity (Wildman–Crippen MR) is 157 cm³/mol. The molecule has 8 heteroatoms. The third-order valence-corrected chi connectivity index (χ3v) is 8.38. The van der Waals surface area contributed by atoms with Crippen molar-refractivity contribution in [2.75, 3.05) is 24.7 Å². The van der Waals surface area contributed by atoms with E-state index >= 15 is 4.39 Å². The van der Waals surface area contributed by atoms with E-state index in [0.717, 1.165) is 40.8 Å². The first kappa shape index (κ1) is 28.2. The van der Waals surface area contributed by atoms with Gasteiger partial charge in [-0.25, -0.2) is 9.18 Å². The lowest BCUT2D eigenvalue weighted by Crippen LogP contribution is -2.29. The summed E-state index contributed by atoms with van der Waals surface area (Å²) in [4.78, 5) is 28.4. The minimum Gasteiger partial charge on any atom is -0.493 e. The van der Waals surface area contributed by atoms with E-state index in [9.17, 15) is 14.7 Å². The zero-order valence-electron chi connectivity index (χ0n) is 24.7. The lowest BCUT2D eigenvalue weighted by Gasteiger charge is -2.30. The van der Waals surface area contributed by atoms with Gasteiger partial charge in [0, 0.05) is 35.3 Å². The van der Waals surface area contributed by atoms with Gasteiger partial charge in [-0.15, -0.1) is 0 Å². The van der Waals surface area contributed by atoms with Crippen LogP contribution in [0.5, 0.6) is 11.5 Å². The molecule has 220 valence electrons. The van der Waals surface area contributed by atoms with Gasteiger partial charge in [-0.05, 0) is 118 Å². The second-order valence-corrected chi connectivity index (χ2v) is 12.3. The normalized spacial score (nSPS) is 16.3. The Balaban J connectivity index is 1.56. The summed E-state index contributed by atoms with van der Waals surface area (Å²) < 4.78 is 33.1. The maximum absolute atomic E-state index is 15.6. The van der Waals surface area contributed by atoms with Gasteiger partial charge in [-0.3, -0.25) is 4.79 Å².